The van der Waals surface area contributed by atoms with Crippen molar-refractivity contribution >= 4 is 23.5 Å². The van der Waals surface area contributed by atoms with Crippen molar-refractivity contribution in [1.82, 2.24) is 14.7 Å². The lowest BCUT2D eigenvalue weighted by Crippen LogP contribution is -2.57. The van der Waals surface area contributed by atoms with Crippen molar-refractivity contribution in [3.8, 4) is 6.07 Å². The minimum absolute atomic E-state index is 0.0796. The van der Waals surface area contributed by atoms with Crippen molar-refractivity contribution in [3.63, 3.8) is 0 Å². The number of ketones is 1. The van der Waals surface area contributed by atoms with Gasteiger partial charge in [0, 0.05) is 37.8 Å². The molecule has 1 unspecified atom stereocenters. The predicted molar refractivity (Wildman–Crippen MR) is 138 cm³/mol. The topological polar surface area (TPSA) is 88.0 Å². The first-order chi connectivity index (χ1) is 18.4. The molecule has 204 valence electrons. The second kappa shape index (κ2) is 10.9. The first-order valence-electron chi connectivity index (χ1n) is 12.4. The lowest BCUT2D eigenvalue weighted by Gasteiger charge is -2.45. The van der Waals surface area contributed by atoms with Crippen LogP contribution in [0.25, 0.3) is 0 Å². The number of carbonyl (C=O) groups excluding carboxylic acids is 3. The van der Waals surface area contributed by atoms with Gasteiger partial charge in [0.2, 0.25) is 0 Å². The zero-order valence-electron chi connectivity index (χ0n) is 21.8. The summed E-state index contributed by atoms with van der Waals surface area (Å²) in [5.74, 6) is -0.288. The van der Waals surface area contributed by atoms with Crippen LogP contribution in [-0.2, 0) is 11.0 Å². The molecule has 2 aromatic rings. The van der Waals surface area contributed by atoms with Crippen LogP contribution in [0.5, 0.6) is 0 Å². The number of anilines is 1. The number of nitriles is 1. The molecule has 0 aromatic heterocycles. The molecule has 8 nitrogen and oxygen atoms in total. The van der Waals surface area contributed by atoms with Gasteiger partial charge in [0.15, 0.2) is 5.78 Å². The van der Waals surface area contributed by atoms with Crippen molar-refractivity contribution in [1.29, 1.82) is 5.26 Å². The van der Waals surface area contributed by atoms with Crippen molar-refractivity contribution < 1.29 is 27.6 Å². The summed E-state index contributed by atoms with van der Waals surface area (Å²) in [5, 5.41) is 9.24. The van der Waals surface area contributed by atoms with Crippen LogP contribution in [0, 0.1) is 11.3 Å². The number of allylic oxidation sites excluding steroid dienone is 1. The second-order valence-electron chi connectivity index (χ2n) is 9.82. The van der Waals surface area contributed by atoms with Crippen LogP contribution in [0.1, 0.15) is 42.0 Å². The Kier molecular flexibility index (Phi) is 7.79. The minimum atomic E-state index is -4.65. The number of rotatable bonds is 5. The molecule has 1 heterocycles. The smallest absolute Gasteiger partial charge is 0.326 e. The number of halogens is 3. The molecule has 1 aliphatic carbocycles. The maximum absolute atomic E-state index is 14.2. The SMILES string of the molecule is CN(C)CCN(C)C(=O)N1C(=O)N(c2cccc(C(F)(F)F)c2)C2=C(C(=O)CCC2)C1c1ccc(C#N)cc1. The van der Waals surface area contributed by atoms with Crippen LogP contribution in [0.4, 0.5) is 28.4 Å². The standard InChI is InChI=1S/C28H28F3N5O3/c1-33(2)14-15-34(3)26(38)36-25(19-12-10-18(17-32)11-13-19)24-22(8-5-9-23(24)37)35(27(36)39)21-7-4-6-20(16-21)28(29,30)31/h4,6-7,10-13,16,25H,5,8-9,14-15H2,1-3H3. The second-order valence-corrected chi connectivity index (χ2v) is 9.82. The number of nitrogens with zero attached hydrogens (tertiary/aromatic N) is 5. The molecule has 0 saturated carbocycles. The van der Waals surface area contributed by atoms with Gasteiger partial charge in [0.25, 0.3) is 0 Å². The van der Waals surface area contributed by atoms with Crippen LogP contribution in [0.3, 0.4) is 0 Å². The average molecular weight is 540 g/mol. The van der Waals surface area contributed by atoms with E-state index in [0.717, 1.165) is 21.9 Å². The lowest BCUT2D eigenvalue weighted by molar-refractivity contribution is -0.137. The molecule has 2 aromatic carbocycles. The fourth-order valence-electron chi connectivity index (χ4n) is 4.82. The van der Waals surface area contributed by atoms with E-state index >= 15 is 0 Å². The number of likely N-dealkylation sites (N-methyl/N-ethyl adjacent to an activating group) is 2. The Morgan fingerprint density at radius 3 is 2.36 bits per heavy atom. The number of Topliss-reactive ketones (excluding diaryl/α,β-unsaturated/α-hetero) is 1. The minimum Gasteiger partial charge on any atom is -0.326 e. The molecule has 0 spiro atoms. The Balaban J connectivity index is 1.93. The summed E-state index contributed by atoms with van der Waals surface area (Å²) in [5.41, 5.74) is 0.248. The number of hydrogen-bond donors (Lipinski definition) is 0. The van der Waals surface area contributed by atoms with Crippen LogP contribution in [0.2, 0.25) is 0 Å². The monoisotopic (exact) mass is 539 g/mol. The molecule has 0 fully saturated rings. The Labute approximate surface area is 224 Å². The highest BCUT2D eigenvalue weighted by Gasteiger charge is 2.48. The molecular formula is C28H28F3N5O3. The number of carbonyl (C=O) groups is 3. The Morgan fingerprint density at radius 1 is 1.05 bits per heavy atom. The largest absolute Gasteiger partial charge is 0.416 e. The molecule has 2 aliphatic rings. The summed E-state index contributed by atoms with van der Waals surface area (Å²) in [6.07, 6.45) is -3.79. The van der Waals surface area contributed by atoms with Gasteiger partial charge >= 0.3 is 18.2 Å². The van der Waals surface area contributed by atoms with Gasteiger partial charge < -0.3 is 9.80 Å². The molecule has 39 heavy (non-hydrogen) atoms. The summed E-state index contributed by atoms with van der Waals surface area (Å²) in [4.78, 5) is 46.6. The van der Waals surface area contributed by atoms with Crippen molar-refractivity contribution in [3.05, 3.63) is 76.5 Å². The molecule has 4 amide bonds. The van der Waals surface area contributed by atoms with Crippen LogP contribution in [0.15, 0.2) is 59.8 Å². The summed E-state index contributed by atoms with van der Waals surface area (Å²) in [7, 11) is 5.18. The number of benzene rings is 2. The van der Waals surface area contributed by atoms with Crippen molar-refractivity contribution in [2.24, 2.45) is 0 Å². The zero-order chi connectivity index (χ0) is 28.5. The number of urea groups is 2. The van der Waals surface area contributed by atoms with Crippen molar-refractivity contribution in [2.45, 2.75) is 31.5 Å². The number of hydrogen-bond acceptors (Lipinski definition) is 5. The van der Waals surface area contributed by atoms with E-state index in [2.05, 4.69) is 0 Å². The molecule has 1 atom stereocenters. The summed E-state index contributed by atoms with van der Waals surface area (Å²) in [6, 6.07) is 9.92. The van der Waals surface area contributed by atoms with Gasteiger partial charge in [-0.05, 0) is 62.8 Å². The zero-order valence-corrected chi connectivity index (χ0v) is 21.8. The van der Waals surface area contributed by atoms with E-state index in [4.69, 9.17) is 0 Å². The van der Waals surface area contributed by atoms with E-state index in [1.807, 2.05) is 25.1 Å². The van der Waals surface area contributed by atoms with Gasteiger partial charge in [-0.15, -0.1) is 0 Å². The Bertz CT molecular complexity index is 1360. The van der Waals surface area contributed by atoms with E-state index in [1.54, 1.807) is 12.1 Å². The first-order valence-corrected chi connectivity index (χ1v) is 12.4. The third-order valence-corrected chi connectivity index (χ3v) is 6.83. The average Bonchev–Trinajstić information content (AvgIpc) is 2.90. The maximum atomic E-state index is 14.2. The molecule has 11 heteroatoms. The third kappa shape index (κ3) is 5.52. The van der Waals surface area contributed by atoms with E-state index in [1.165, 1.54) is 36.2 Å². The van der Waals surface area contributed by atoms with Gasteiger partial charge in [-0.3, -0.25) is 9.69 Å². The van der Waals surface area contributed by atoms with Crippen LogP contribution in [-0.4, -0.2) is 66.8 Å². The molecule has 1 aliphatic heterocycles. The predicted octanol–water partition coefficient (Wildman–Crippen LogP) is 5.18. The molecule has 4 rings (SSSR count). The van der Waals surface area contributed by atoms with E-state index in [9.17, 15) is 32.8 Å². The highest BCUT2D eigenvalue weighted by Crippen LogP contribution is 2.45. The quantitative estimate of drug-likeness (QED) is 0.523. The molecule has 0 N–H and O–H groups in total. The number of amides is 4. The third-order valence-electron chi connectivity index (χ3n) is 6.83. The Hall–Kier alpha value is -4.17. The van der Waals surface area contributed by atoms with Gasteiger partial charge in [-0.25, -0.2) is 14.5 Å². The number of alkyl halides is 3. The number of imide groups is 1. The van der Waals surface area contributed by atoms with E-state index in [-0.39, 0.29) is 42.1 Å². The maximum Gasteiger partial charge on any atom is 0.416 e. The van der Waals surface area contributed by atoms with Gasteiger partial charge in [-0.2, -0.15) is 18.4 Å². The van der Waals surface area contributed by atoms with E-state index < -0.39 is 29.8 Å². The fourth-order valence-corrected chi connectivity index (χ4v) is 4.82. The van der Waals surface area contributed by atoms with Crippen molar-refractivity contribution in [2.75, 3.05) is 39.1 Å². The molecular weight excluding hydrogens is 511 g/mol. The highest BCUT2D eigenvalue weighted by molar-refractivity contribution is 6.11. The molecule has 0 saturated heterocycles. The lowest BCUT2D eigenvalue weighted by atomic mass is 9.83. The normalized spacial score (nSPS) is 17.8. The first kappa shape index (κ1) is 27.9. The van der Waals surface area contributed by atoms with E-state index in [0.29, 0.717) is 24.1 Å². The molecule has 0 bridgehead atoms. The van der Waals surface area contributed by atoms with Crippen LogP contribution < -0.4 is 4.90 Å². The Morgan fingerprint density at radius 2 is 1.74 bits per heavy atom. The highest BCUT2D eigenvalue weighted by atomic mass is 19.4. The van der Waals surface area contributed by atoms with Crippen LogP contribution >= 0.6 is 0 Å². The summed E-state index contributed by atoms with van der Waals surface area (Å²) < 4.78 is 40.7. The van der Waals surface area contributed by atoms with Gasteiger partial charge in [0.1, 0.15) is 0 Å². The molecule has 0 radical (unpaired) electrons. The fraction of sp³-hybridized carbons (Fsp3) is 0.357. The summed E-state index contributed by atoms with van der Waals surface area (Å²) in [6.45, 7) is 0.759. The van der Waals surface area contributed by atoms with Gasteiger partial charge in [0.05, 0.1) is 28.9 Å². The summed E-state index contributed by atoms with van der Waals surface area (Å²) >= 11 is 0. The van der Waals surface area contributed by atoms with Gasteiger partial charge in [-0.1, -0.05) is 18.2 Å².